The Balaban J connectivity index is 0.00000102. The van der Waals surface area contributed by atoms with Crippen molar-refractivity contribution >= 4 is 17.1 Å². The van der Waals surface area contributed by atoms with Crippen molar-refractivity contribution in [2.45, 2.75) is 27.7 Å². The van der Waals surface area contributed by atoms with Gasteiger partial charge in [-0.05, 0) is 0 Å². The maximum atomic E-state index is 8.90. The molecule has 2 aromatic heterocycles. The Hall–Kier alpha value is -2.40. The molecule has 122 valence electrons. The largest absolute Gasteiger partial charge is 0.474 e. The van der Waals surface area contributed by atoms with Crippen LogP contribution in [0.1, 0.15) is 27.7 Å². The summed E-state index contributed by atoms with van der Waals surface area (Å²) in [6.45, 7) is 7.75. The van der Waals surface area contributed by atoms with E-state index in [2.05, 4.69) is 15.0 Å². The molecule has 2 aromatic rings. The molecular weight excluding hydrogens is 284 g/mol. The lowest BCUT2D eigenvalue weighted by Crippen LogP contribution is -2.15. The number of nitriles is 1. The summed E-state index contributed by atoms with van der Waals surface area (Å²) in [5, 5.41) is 17.6. The predicted octanol–water partition coefficient (Wildman–Crippen LogP) is 1.51. The van der Waals surface area contributed by atoms with E-state index in [1.807, 2.05) is 33.8 Å². The van der Waals surface area contributed by atoms with E-state index in [4.69, 9.17) is 20.8 Å². The van der Waals surface area contributed by atoms with Crippen LogP contribution in [-0.4, -0.2) is 37.8 Å². The molecule has 0 saturated carbocycles. The first-order valence-electron chi connectivity index (χ1n) is 7.23. The predicted molar refractivity (Wildman–Crippen MR) is 85.1 cm³/mol. The van der Waals surface area contributed by atoms with E-state index in [9.17, 15) is 0 Å². The minimum absolute atomic E-state index is 0.0229. The first kappa shape index (κ1) is 19.6. The van der Waals surface area contributed by atoms with E-state index < -0.39 is 5.92 Å². The van der Waals surface area contributed by atoms with Gasteiger partial charge in [0.2, 0.25) is 11.8 Å². The molecule has 8 heteroatoms. The number of hydrogen-bond donors (Lipinski definition) is 2. The van der Waals surface area contributed by atoms with Gasteiger partial charge in [-0.3, -0.25) is 0 Å². The molecule has 3 N–H and O–H groups in total. The van der Waals surface area contributed by atoms with Gasteiger partial charge in [0.25, 0.3) is 0 Å². The molecule has 0 aliphatic rings. The normalized spacial score (nSPS) is 10.6. The fraction of sp³-hybridized carbons (Fsp3) is 0.571. The molecule has 1 unspecified atom stereocenters. The fourth-order valence-electron chi connectivity index (χ4n) is 1.41. The number of aryl methyl sites for hydroxylation is 1. The smallest absolute Gasteiger partial charge is 0.247 e. The lowest BCUT2D eigenvalue weighted by molar-refractivity contribution is 0.192. The highest BCUT2D eigenvalue weighted by Gasteiger charge is 2.14. The highest BCUT2D eigenvalue weighted by atomic mass is 16.5. The number of aromatic nitrogens is 4. The zero-order chi connectivity index (χ0) is 17.1. The van der Waals surface area contributed by atoms with Gasteiger partial charge in [0.05, 0.1) is 19.0 Å². The van der Waals surface area contributed by atoms with Crippen molar-refractivity contribution in [1.82, 2.24) is 19.5 Å². The van der Waals surface area contributed by atoms with Gasteiger partial charge in [0.1, 0.15) is 12.5 Å². The van der Waals surface area contributed by atoms with Crippen LogP contribution in [0, 0.1) is 17.2 Å². The number of hydrogen-bond acceptors (Lipinski definition) is 7. The van der Waals surface area contributed by atoms with Gasteiger partial charge in [-0.25, -0.2) is 4.98 Å². The van der Waals surface area contributed by atoms with Gasteiger partial charge in [-0.1, -0.05) is 27.7 Å². The Kier molecular flexibility index (Phi) is 9.22. The summed E-state index contributed by atoms with van der Waals surface area (Å²) in [5.74, 6) is -0.328. The quantitative estimate of drug-likeness (QED) is 0.877. The third kappa shape index (κ3) is 4.86. The van der Waals surface area contributed by atoms with Crippen molar-refractivity contribution < 1.29 is 9.84 Å². The van der Waals surface area contributed by atoms with E-state index >= 15 is 0 Å². The first-order valence-corrected chi connectivity index (χ1v) is 7.23. The number of ether oxygens (including phenoxy) is 1. The highest BCUT2D eigenvalue weighted by molar-refractivity contribution is 5.77. The summed E-state index contributed by atoms with van der Waals surface area (Å²) in [7, 11) is 1.78. The molecule has 8 nitrogen and oxygen atoms in total. The lowest BCUT2D eigenvalue weighted by Gasteiger charge is -2.08. The molecular formula is C14H24N6O2. The van der Waals surface area contributed by atoms with E-state index in [-0.39, 0.29) is 25.0 Å². The van der Waals surface area contributed by atoms with Crippen molar-refractivity contribution in [1.29, 1.82) is 5.26 Å². The van der Waals surface area contributed by atoms with Crippen LogP contribution in [0.3, 0.4) is 0 Å². The van der Waals surface area contributed by atoms with Crippen LogP contribution in [0.15, 0.2) is 6.33 Å². The number of fused-ring (bicyclic) bond motifs is 1. The van der Waals surface area contributed by atoms with E-state index in [1.54, 1.807) is 17.9 Å². The van der Waals surface area contributed by atoms with Crippen LogP contribution in [0.4, 0.5) is 5.95 Å². The van der Waals surface area contributed by atoms with Gasteiger partial charge in [-0.2, -0.15) is 15.2 Å². The lowest BCUT2D eigenvalue weighted by atomic mass is 10.2. The topological polar surface area (TPSA) is 123 Å². The molecule has 1 atom stereocenters. The van der Waals surface area contributed by atoms with Crippen LogP contribution in [-0.2, 0) is 7.05 Å². The average Bonchev–Trinajstić information content (AvgIpc) is 2.93. The minimum atomic E-state index is -0.611. The molecule has 0 radical (unpaired) electrons. The molecule has 0 bridgehead atoms. The van der Waals surface area contributed by atoms with Crippen LogP contribution in [0.2, 0.25) is 0 Å². The van der Waals surface area contributed by atoms with E-state index in [1.165, 1.54) is 0 Å². The van der Waals surface area contributed by atoms with Crippen molar-refractivity contribution in [2.24, 2.45) is 13.0 Å². The maximum absolute atomic E-state index is 8.90. The van der Waals surface area contributed by atoms with Crippen LogP contribution >= 0.6 is 0 Å². The van der Waals surface area contributed by atoms with E-state index in [0.717, 1.165) is 0 Å². The number of aliphatic hydroxyl groups is 1. The zero-order valence-corrected chi connectivity index (χ0v) is 13.7. The van der Waals surface area contributed by atoms with Gasteiger partial charge < -0.3 is 20.1 Å². The summed E-state index contributed by atoms with van der Waals surface area (Å²) < 4.78 is 7.06. The second-order valence-corrected chi connectivity index (χ2v) is 3.73. The molecule has 0 amide bonds. The third-order valence-corrected chi connectivity index (χ3v) is 2.37. The molecule has 22 heavy (non-hydrogen) atoms. The van der Waals surface area contributed by atoms with Crippen molar-refractivity contribution in [3.63, 3.8) is 0 Å². The molecule has 0 saturated heterocycles. The standard InChI is InChI=1S/C10H12N6O2.2C2H6/c1-16-5-13-7-8(16)14-10(12)15-9(7)18-4-6(2-11)3-17;2*1-2/h5-6,17H,3-4H2,1H3,(H2,12,14,15);2*1-2H3. The van der Waals surface area contributed by atoms with Crippen LogP contribution in [0.5, 0.6) is 5.88 Å². The Labute approximate surface area is 130 Å². The fourth-order valence-corrected chi connectivity index (χ4v) is 1.41. The Bertz CT molecular complexity index is 605. The van der Waals surface area contributed by atoms with Crippen molar-refractivity contribution in [3.05, 3.63) is 6.33 Å². The molecule has 2 rings (SSSR count). The molecule has 0 aliphatic carbocycles. The molecule has 0 aromatic carbocycles. The number of nitrogen functional groups attached to an aromatic ring is 1. The zero-order valence-electron chi connectivity index (χ0n) is 13.7. The second-order valence-electron chi connectivity index (χ2n) is 3.73. The number of anilines is 1. The highest BCUT2D eigenvalue weighted by Crippen LogP contribution is 2.21. The number of nitrogens with two attached hydrogens (primary N) is 1. The average molecular weight is 308 g/mol. The van der Waals surface area contributed by atoms with Crippen molar-refractivity contribution in [2.75, 3.05) is 18.9 Å². The number of aliphatic hydroxyl groups excluding tert-OH is 1. The van der Waals surface area contributed by atoms with E-state index in [0.29, 0.717) is 11.2 Å². The third-order valence-electron chi connectivity index (χ3n) is 2.37. The Morgan fingerprint density at radius 2 is 2.00 bits per heavy atom. The number of rotatable bonds is 4. The summed E-state index contributed by atoms with van der Waals surface area (Å²) in [6, 6.07) is 1.91. The Morgan fingerprint density at radius 3 is 2.55 bits per heavy atom. The van der Waals surface area contributed by atoms with Gasteiger partial charge in [0, 0.05) is 7.05 Å². The molecule has 0 aliphatic heterocycles. The number of imidazole rings is 1. The van der Waals surface area contributed by atoms with Gasteiger partial charge in [0.15, 0.2) is 11.2 Å². The summed E-state index contributed by atoms with van der Waals surface area (Å²) in [6.07, 6.45) is 1.57. The summed E-state index contributed by atoms with van der Waals surface area (Å²) >= 11 is 0. The first-order chi connectivity index (χ1) is 10.7. The van der Waals surface area contributed by atoms with Gasteiger partial charge in [-0.15, -0.1) is 0 Å². The summed E-state index contributed by atoms with van der Waals surface area (Å²) in [5.41, 5.74) is 6.59. The maximum Gasteiger partial charge on any atom is 0.247 e. The molecule has 0 spiro atoms. The SMILES string of the molecule is CC.CC.Cn1cnc2c(OCC(C#N)CO)nc(N)nc21. The van der Waals surface area contributed by atoms with Crippen molar-refractivity contribution in [3.8, 4) is 11.9 Å². The summed E-state index contributed by atoms with van der Waals surface area (Å²) in [4.78, 5) is 12.1. The van der Waals surface area contributed by atoms with Crippen LogP contribution in [0.25, 0.3) is 11.2 Å². The molecule has 2 heterocycles. The minimum Gasteiger partial charge on any atom is -0.474 e. The van der Waals surface area contributed by atoms with Gasteiger partial charge >= 0.3 is 0 Å². The second kappa shape index (κ2) is 10.3. The number of nitrogens with zero attached hydrogens (tertiary/aromatic N) is 5. The molecule has 0 fully saturated rings. The monoisotopic (exact) mass is 308 g/mol. The van der Waals surface area contributed by atoms with Crippen LogP contribution < -0.4 is 10.5 Å². The Morgan fingerprint density at radius 1 is 1.36 bits per heavy atom.